The number of nitrogens with zero attached hydrogens (tertiary/aromatic N) is 2. The Labute approximate surface area is 166 Å². The number of aromatic nitrogens is 1. The minimum absolute atomic E-state index is 0.0166. The van der Waals surface area contributed by atoms with Crippen LogP contribution in [-0.2, 0) is 21.2 Å². The van der Waals surface area contributed by atoms with Crippen LogP contribution in [0, 0.1) is 5.82 Å². The predicted molar refractivity (Wildman–Crippen MR) is 108 cm³/mol. The van der Waals surface area contributed by atoms with Gasteiger partial charge in [-0.15, -0.1) is 6.58 Å². The molecule has 3 rings (SSSR count). The molecule has 28 heavy (non-hydrogen) atoms. The number of amides is 1. The minimum Gasteiger partial charge on any atom is -0.313 e. The number of rotatable bonds is 7. The van der Waals surface area contributed by atoms with Crippen molar-refractivity contribution < 1.29 is 17.6 Å². The Morgan fingerprint density at radius 2 is 1.96 bits per heavy atom. The second kappa shape index (κ2) is 8.62. The van der Waals surface area contributed by atoms with Crippen molar-refractivity contribution in [2.45, 2.75) is 24.3 Å². The van der Waals surface area contributed by atoms with E-state index in [-0.39, 0.29) is 29.3 Å². The molecule has 0 aliphatic heterocycles. The molecule has 1 aromatic heterocycles. The minimum atomic E-state index is -3.42. The molecule has 0 spiro atoms. The molecule has 1 heterocycles. The first-order chi connectivity index (χ1) is 13.4. The Balaban J connectivity index is 1.76. The Kier molecular flexibility index (Phi) is 6.21. The second-order valence-corrected chi connectivity index (χ2v) is 9.26. The fourth-order valence-electron chi connectivity index (χ4n) is 2.76. The zero-order chi connectivity index (χ0) is 20.1. The molecule has 146 valence electrons. The van der Waals surface area contributed by atoms with Crippen molar-refractivity contribution in [1.29, 1.82) is 0 Å². The van der Waals surface area contributed by atoms with Crippen LogP contribution < -0.4 is 4.80 Å². The summed E-state index contributed by atoms with van der Waals surface area (Å²) in [5.74, 6) is -0.889. The van der Waals surface area contributed by atoms with Gasteiger partial charge in [-0.3, -0.25) is 4.79 Å². The molecule has 0 aliphatic rings. The third-order valence-corrected chi connectivity index (χ3v) is 6.94. The van der Waals surface area contributed by atoms with Crippen molar-refractivity contribution in [1.82, 2.24) is 4.57 Å². The van der Waals surface area contributed by atoms with Gasteiger partial charge in [-0.25, -0.2) is 12.8 Å². The maximum atomic E-state index is 13.5. The fourth-order valence-corrected chi connectivity index (χ4v) is 5.17. The predicted octanol–water partition coefficient (Wildman–Crippen LogP) is 3.71. The van der Waals surface area contributed by atoms with E-state index in [0.29, 0.717) is 16.0 Å². The SMILES string of the molecule is C=CCn1c(=NC(=O)CCCS(=O)(=O)c2ccccc2)sc2cc(F)ccc21. The summed E-state index contributed by atoms with van der Waals surface area (Å²) in [6.07, 6.45) is 1.87. The maximum absolute atomic E-state index is 13.5. The van der Waals surface area contributed by atoms with E-state index in [1.54, 1.807) is 34.9 Å². The van der Waals surface area contributed by atoms with Gasteiger partial charge < -0.3 is 4.57 Å². The first-order valence-electron chi connectivity index (χ1n) is 8.66. The van der Waals surface area contributed by atoms with Crippen molar-refractivity contribution in [3.63, 3.8) is 0 Å². The number of allylic oxidation sites excluding steroid dienone is 1. The lowest BCUT2D eigenvalue weighted by atomic mass is 10.3. The maximum Gasteiger partial charge on any atom is 0.248 e. The van der Waals surface area contributed by atoms with E-state index in [0.717, 1.165) is 5.52 Å². The van der Waals surface area contributed by atoms with E-state index in [1.165, 1.54) is 35.6 Å². The normalized spacial score (nSPS) is 12.4. The first-order valence-corrected chi connectivity index (χ1v) is 11.1. The highest BCUT2D eigenvalue weighted by Gasteiger charge is 2.14. The lowest BCUT2D eigenvalue weighted by molar-refractivity contribution is -0.118. The van der Waals surface area contributed by atoms with E-state index >= 15 is 0 Å². The number of thiazole rings is 1. The number of benzene rings is 2. The molecule has 0 bridgehead atoms. The van der Waals surface area contributed by atoms with Crippen molar-refractivity contribution in [2.75, 3.05) is 5.75 Å². The van der Waals surface area contributed by atoms with E-state index in [4.69, 9.17) is 0 Å². The van der Waals surface area contributed by atoms with Crippen LogP contribution in [0.15, 0.2) is 71.1 Å². The average molecular weight is 419 g/mol. The summed E-state index contributed by atoms with van der Waals surface area (Å²) in [4.78, 5) is 17.1. The highest BCUT2D eigenvalue weighted by molar-refractivity contribution is 7.91. The molecule has 0 radical (unpaired) electrons. The summed E-state index contributed by atoms with van der Waals surface area (Å²) in [7, 11) is -3.42. The topological polar surface area (TPSA) is 68.5 Å². The summed E-state index contributed by atoms with van der Waals surface area (Å²) >= 11 is 1.21. The van der Waals surface area contributed by atoms with Crippen LogP contribution in [-0.4, -0.2) is 24.6 Å². The number of sulfone groups is 1. The number of fused-ring (bicyclic) bond motifs is 1. The Morgan fingerprint density at radius 3 is 2.68 bits per heavy atom. The standard InChI is InChI=1S/C20H19FN2O3S2/c1-2-12-23-17-11-10-15(21)14-18(17)27-20(23)22-19(24)9-6-13-28(25,26)16-7-4-3-5-8-16/h2-5,7-8,10-11,14H,1,6,9,12-13H2. The molecule has 8 heteroatoms. The smallest absolute Gasteiger partial charge is 0.248 e. The van der Waals surface area contributed by atoms with Crippen LogP contribution >= 0.6 is 11.3 Å². The summed E-state index contributed by atoms with van der Waals surface area (Å²) in [5, 5.41) is 0. The highest BCUT2D eigenvalue weighted by atomic mass is 32.2. The Hall–Kier alpha value is -2.58. The molecule has 0 unspecified atom stereocenters. The van der Waals surface area contributed by atoms with Crippen LogP contribution in [0.5, 0.6) is 0 Å². The van der Waals surface area contributed by atoms with Gasteiger partial charge in [0.2, 0.25) is 5.91 Å². The van der Waals surface area contributed by atoms with Crippen LogP contribution in [0.4, 0.5) is 4.39 Å². The van der Waals surface area contributed by atoms with Gasteiger partial charge in [0, 0.05) is 13.0 Å². The van der Waals surface area contributed by atoms with E-state index in [2.05, 4.69) is 11.6 Å². The quantitative estimate of drug-likeness (QED) is 0.549. The number of carbonyl (C=O) groups is 1. The number of halogens is 1. The van der Waals surface area contributed by atoms with Crippen molar-refractivity contribution >= 4 is 37.3 Å². The van der Waals surface area contributed by atoms with Gasteiger partial charge in [-0.2, -0.15) is 4.99 Å². The first kappa shape index (κ1) is 20.2. The Morgan fingerprint density at radius 1 is 1.21 bits per heavy atom. The van der Waals surface area contributed by atoms with Crippen LogP contribution in [0.2, 0.25) is 0 Å². The van der Waals surface area contributed by atoms with Gasteiger partial charge in [0.25, 0.3) is 0 Å². The average Bonchev–Trinajstić information content (AvgIpc) is 2.99. The lowest BCUT2D eigenvalue weighted by Gasteiger charge is -2.03. The molecule has 0 saturated heterocycles. The van der Waals surface area contributed by atoms with Crippen molar-refractivity contribution in [3.8, 4) is 0 Å². The van der Waals surface area contributed by atoms with Gasteiger partial charge >= 0.3 is 0 Å². The largest absolute Gasteiger partial charge is 0.313 e. The molecule has 1 amide bonds. The molecule has 0 fully saturated rings. The zero-order valence-corrected chi connectivity index (χ0v) is 16.7. The van der Waals surface area contributed by atoms with E-state index < -0.39 is 15.7 Å². The van der Waals surface area contributed by atoms with Crippen LogP contribution in [0.25, 0.3) is 10.2 Å². The van der Waals surface area contributed by atoms with Gasteiger partial charge in [-0.1, -0.05) is 35.6 Å². The molecule has 5 nitrogen and oxygen atoms in total. The molecular formula is C20H19FN2O3S2. The van der Waals surface area contributed by atoms with E-state index in [1.807, 2.05) is 0 Å². The van der Waals surface area contributed by atoms with Crippen molar-refractivity contribution in [2.24, 2.45) is 4.99 Å². The monoisotopic (exact) mass is 418 g/mol. The number of hydrogen-bond donors (Lipinski definition) is 0. The lowest BCUT2D eigenvalue weighted by Crippen LogP contribution is -2.16. The third kappa shape index (κ3) is 4.63. The number of hydrogen-bond acceptors (Lipinski definition) is 4. The zero-order valence-electron chi connectivity index (χ0n) is 15.0. The van der Waals surface area contributed by atoms with Crippen molar-refractivity contribution in [3.05, 3.63) is 71.8 Å². The van der Waals surface area contributed by atoms with Crippen LogP contribution in [0.1, 0.15) is 12.8 Å². The molecule has 2 aromatic carbocycles. The summed E-state index contributed by atoms with van der Waals surface area (Å²) in [6, 6.07) is 12.5. The third-order valence-electron chi connectivity index (χ3n) is 4.08. The molecular weight excluding hydrogens is 399 g/mol. The summed E-state index contributed by atoms with van der Waals surface area (Å²) in [5.41, 5.74) is 0.768. The van der Waals surface area contributed by atoms with E-state index in [9.17, 15) is 17.6 Å². The Bertz CT molecular complexity index is 1180. The fraction of sp³-hybridized carbons (Fsp3) is 0.200. The molecule has 0 saturated carbocycles. The molecule has 3 aromatic rings. The van der Waals surface area contributed by atoms with Gasteiger partial charge in [-0.05, 0) is 36.8 Å². The molecule has 0 atom stereocenters. The van der Waals surface area contributed by atoms with Crippen LogP contribution in [0.3, 0.4) is 0 Å². The highest BCUT2D eigenvalue weighted by Crippen LogP contribution is 2.19. The van der Waals surface area contributed by atoms with Gasteiger partial charge in [0.15, 0.2) is 14.6 Å². The summed E-state index contributed by atoms with van der Waals surface area (Å²) in [6.45, 7) is 4.13. The molecule has 0 aliphatic carbocycles. The summed E-state index contributed by atoms with van der Waals surface area (Å²) < 4.78 is 40.5. The molecule has 0 N–H and O–H groups in total. The second-order valence-electron chi connectivity index (χ2n) is 6.14. The van der Waals surface area contributed by atoms with Gasteiger partial charge in [0.05, 0.1) is 20.9 Å². The van der Waals surface area contributed by atoms with Gasteiger partial charge in [0.1, 0.15) is 5.82 Å². The number of carbonyl (C=O) groups excluding carboxylic acids is 1.